The van der Waals surface area contributed by atoms with Crippen molar-refractivity contribution < 1.29 is 27.9 Å². The van der Waals surface area contributed by atoms with Crippen LogP contribution < -0.4 is 5.32 Å². The second-order valence-corrected chi connectivity index (χ2v) is 4.77. The molecule has 6 nitrogen and oxygen atoms in total. The molecular formula is C12H14F3N3O3. The summed E-state index contributed by atoms with van der Waals surface area (Å²) in [6.07, 6.45) is -2.14. The molecule has 0 saturated heterocycles. The largest absolute Gasteiger partial charge is 0.478 e. The average Bonchev–Trinajstić information content (AvgIpc) is 2.79. The molecule has 9 heteroatoms. The normalized spacial score (nSPS) is 12.7. The number of carboxylic acids is 1. The van der Waals surface area contributed by atoms with Gasteiger partial charge in [-0.1, -0.05) is 6.08 Å². The molecule has 1 aromatic heterocycles. The Labute approximate surface area is 118 Å². The van der Waals surface area contributed by atoms with Gasteiger partial charge in [-0.25, -0.2) is 9.48 Å². The predicted octanol–water partition coefficient (Wildman–Crippen LogP) is 1.84. The Bertz CT molecular complexity index is 588. The predicted molar refractivity (Wildman–Crippen MR) is 67.4 cm³/mol. The van der Waals surface area contributed by atoms with E-state index in [2.05, 4.69) is 10.4 Å². The quantitative estimate of drug-likeness (QED) is 0.889. The number of nitrogens with zero attached hydrogens (tertiary/aromatic N) is 2. The maximum Gasteiger partial charge on any atom is 0.434 e. The Morgan fingerprint density at radius 3 is 2.38 bits per heavy atom. The molecule has 1 rings (SSSR count). The Balaban J connectivity index is 3.28. The molecule has 0 spiro atoms. The number of halogens is 3. The van der Waals surface area contributed by atoms with Crippen LogP contribution in [0.2, 0.25) is 0 Å². The SMILES string of the molecule is CNC(=O)C(C)(C)/C=C/n1ncc(C(=O)O)c1C(F)(F)F. The fourth-order valence-corrected chi connectivity index (χ4v) is 1.57. The topological polar surface area (TPSA) is 84.2 Å². The zero-order valence-electron chi connectivity index (χ0n) is 11.5. The number of aromatic carboxylic acids is 1. The van der Waals surface area contributed by atoms with Crippen LogP contribution in [-0.4, -0.2) is 33.8 Å². The molecule has 0 aliphatic carbocycles. The highest BCUT2D eigenvalue weighted by Gasteiger charge is 2.40. The van der Waals surface area contributed by atoms with Crippen molar-refractivity contribution in [3.8, 4) is 0 Å². The summed E-state index contributed by atoms with van der Waals surface area (Å²) in [5.74, 6) is -2.13. The van der Waals surface area contributed by atoms with Crippen molar-refractivity contribution in [3.05, 3.63) is 23.5 Å². The highest BCUT2D eigenvalue weighted by atomic mass is 19.4. The van der Waals surface area contributed by atoms with E-state index in [1.54, 1.807) is 0 Å². The van der Waals surface area contributed by atoms with Gasteiger partial charge in [0.05, 0.1) is 11.6 Å². The molecule has 116 valence electrons. The van der Waals surface area contributed by atoms with Crippen molar-refractivity contribution in [2.24, 2.45) is 5.41 Å². The molecule has 0 aliphatic heterocycles. The third kappa shape index (κ3) is 3.61. The molecule has 2 N–H and O–H groups in total. The van der Waals surface area contributed by atoms with Gasteiger partial charge >= 0.3 is 12.1 Å². The lowest BCUT2D eigenvalue weighted by atomic mass is 9.92. The summed E-state index contributed by atoms with van der Waals surface area (Å²) < 4.78 is 39.1. The van der Waals surface area contributed by atoms with E-state index in [1.807, 2.05) is 0 Å². The van der Waals surface area contributed by atoms with E-state index in [0.717, 1.165) is 6.20 Å². The molecule has 0 aliphatic rings. The molecule has 21 heavy (non-hydrogen) atoms. The summed E-state index contributed by atoms with van der Waals surface area (Å²) in [7, 11) is 1.40. The van der Waals surface area contributed by atoms with Crippen molar-refractivity contribution in [2.45, 2.75) is 20.0 Å². The van der Waals surface area contributed by atoms with Crippen LogP contribution in [0.25, 0.3) is 6.20 Å². The number of hydrogen-bond acceptors (Lipinski definition) is 3. The van der Waals surface area contributed by atoms with Crippen LogP contribution in [-0.2, 0) is 11.0 Å². The van der Waals surface area contributed by atoms with Gasteiger partial charge in [0.25, 0.3) is 0 Å². The van der Waals surface area contributed by atoms with E-state index in [0.29, 0.717) is 10.9 Å². The molecule has 0 atom stereocenters. The zero-order valence-corrected chi connectivity index (χ0v) is 11.5. The molecule has 0 aromatic carbocycles. The number of rotatable bonds is 4. The molecule has 1 heterocycles. The first-order chi connectivity index (χ1) is 9.50. The monoisotopic (exact) mass is 305 g/mol. The summed E-state index contributed by atoms with van der Waals surface area (Å²) in [6, 6.07) is 0. The van der Waals surface area contributed by atoms with Crippen LogP contribution in [0.15, 0.2) is 12.3 Å². The summed E-state index contributed by atoms with van der Waals surface area (Å²) in [5, 5.41) is 14.5. The van der Waals surface area contributed by atoms with Crippen molar-refractivity contribution in [3.63, 3.8) is 0 Å². The van der Waals surface area contributed by atoms with Crippen molar-refractivity contribution in [1.29, 1.82) is 0 Å². The minimum Gasteiger partial charge on any atom is -0.478 e. The highest BCUT2D eigenvalue weighted by Crippen LogP contribution is 2.32. The summed E-state index contributed by atoms with van der Waals surface area (Å²) in [5.41, 5.74) is -3.43. The molecule has 0 unspecified atom stereocenters. The van der Waals surface area contributed by atoms with Crippen LogP contribution in [0.5, 0.6) is 0 Å². The van der Waals surface area contributed by atoms with Crippen LogP contribution >= 0.6 is 0 Å². The number of carbonyl (C=O) groups excluding carboxylic acids is 1. The number of carboxylic acid groups (broad SMARTS) is 1. The van der Waals surface area contributed by atoms with Gasteiger partial charge in [0.15, 0.2) is 5.69 Å². The fraction of sp³-hybridized carbons (Fsp3) is 0.417. The van der Waals surface area contributed by atoms with Gasteiger partial charge in [-0.05, 0) is 13.8 Å². The average molecular weight is 305 g/mol. The van der Waals surface area contributed by atoms with E-state index in [1.165, 1.54) is 27.0 Å². The first-order valence-electron chi connectivity index (χ1n) is 5.80. The van der Waals surface area contributed by atoms with Crippen LogP contribution in [0.1, 0.15) is 29.9 Å². The maximum absolute atomic E-state index is 12.9. The Morgan fingerprint density at radius 2 is 1.95 bits per heavy atom. The fourth-order valence-electron chi connectivity index (χ4n) is 1.57. The highest BCUT2D eigenvalue weighted by molar-refractivity contribution is 5.89. The van der Waals surface area contributed by atoms with Gasteiger partial charge in [-0.15, -0.1) is 0 Å². The lowest BCUT2D eigenvalue weighted by Gasteiger charge is -2.17. The number of alkyl halides is 3. The molecule has 0 radical (unpaired) electrons. The van der Waals surface area contributed by atoms with Crippen LogP contribution in [0, 0.1) is 5.41 Å². The van der Waals surface area contributed by atoms with Crippen LogP contribution in [0.4, 0.5) is 13.2 Å². The lowest BCUT2D eigenvalue weighted by Crippen LogP contribution is -2.32. The smallest absolute Gasteiger partial charge is 0.434 e. The number of aromatic nitrogens is 2. The summed E-state index contributed by atoms with van der Waals surface area (Å²) in [4.78, 5) is 22.3. The number of carbonyl (C=O) groups is 2. The van der Waals surface area contributed by atoms with E-state index in [9.17, 15) is 22.8 Å². The third-order valence-corrected chi connectivity index (χ3v) is 2.74. The second-order valence-electron chi connectivity index (χ2n) is 4.77. The van der Waals surface area contributed by atoms with Gasteiger partial charge in [0.2, 0.25) is 5.91 Å². The van der Waals surface area contributed by atoms with E-state index in [4.69, 9.17) is 5.11 Å². The summed E-state index contributed by atoms with van der Waals surface area (Å²) in [6.45, 7) is 2.99. The molecular weight excluding hydrogens is 291 g/mol. The first-order valence-corrected chi connectivity index (χ1v) is 5.80. The molecule has 0 saturated carbocycles. The molecule has 0 fully saturated rings. The Morgan fingerprint density at radius 1 is 1.38 bits per heavy atom. The Hall–Kier alpha value is -2.32. The zero-order chi connectivity index (χ0) is 16.4. The minimum absolute atomic E-state index is 0.397. The van der Waals surface area contributed by atoms with Crippen LogP contribution in [0.3, 0.4) is 0 Å². The minimum atomic E-state index is -4.88. The lowest BCUT2D eigenvalue weighted by molar-refractivity contribution is -0.143. The summed E-state index contributed by atoms with van der Waals surface area (Å²) >= 11 is 0. The first kappa shape index (κ1) is 16.7. The molecule has 1 aromatic rings. The van der Waals surface area contributed by atoms with Gasteiger partial charge in [-0.3, -0.25) is 4.79 Å². The van der Waals surface area contributed by atoms with Gasteiger partial charge in [0.1, 0.15) is 5.56 Å². The van der Waals surface area contributed by atoms with Crippen molar-refractivity contribution in [1.82, 2.24) is 15.1 Å². The second kappa shape index (κ2) is 5.58. The molecule has 0 bridgehead atoms. The number of nitrogens with one attached hydrogen (secondary N) is 1. The van der Waals surface area contributed by atoms with E-state index < -0.39 is 34.7 Å². The van der Waals surface area contributed by atoms with Crippen molar-refractivity contribution in [2.75, 3.05) is 7.05 Å². The number of amides is 1. The standard InChI is InChI=1S/C12H14F3N3O3/c1-11(2,10(21)16-3)4-5-18-8(12(13,14)15)7(6-17-18)9(19)20/h4-6H,1-3H3,(H,16,21)(H,19,20)/b5-4+. The van der Waals surface area contributed by atoms with Crippen molar-refractivity contribution >= 4 is 18.1 Å². The third-order valence-electron chi connectivity index (χ3n) is 2.74. The van der Waals surface area contributed by atoms with Gasteiger partial charge in [-0.2, -0.15) is 18.3 Å². The maximum atomic E-state index is 12.9. The van der Waals surface area contributed by atoms with Gasteiger partial charge < -0.3 is 10.4 Å². The molecule has 1 amide bonds. The van der Waals surface area contributed by atoms with E-state index >= 15 is 0 Å². The Kier molecular flexibility index (Phi) is 4.45. The van der Waals surface area contributed by atoms with Gasteiger partial charge in [0, 0.05) is 13.2 Å². The van der Waals surface area contributed by atoms with E-state index in [-0.39, 0.29) is 0 Å². The number of hydrogen-bond donors (Lipinski definition) is 2.